The van der Waals surface area contributed by atoms with Crippen LogP contribution in [0.3, 0.4) is 0 Å². The van der Waals surface area contributed by atoms with Crippen LogP contribution in [-0.2, 0) is 11.3 Å². The maximum absolute atomic E-state index is 9.50. The molecule has 2 rings (SSSR count). The van der Waals surface area contributed by atoms with Gasteiger partial charge in [-0.05, 0) is 13.0 Å². The van der Waals surface area contributed by atoms with E-state index < -0.39 is 0 Å². The quantitative estimate of drug-likeness (QED) is 0.759. The van der Waals surface area contributed by atoms with Crippen molar-refractivity contribution in [1.82, 2.24) is 5.32 Å². The van der Waals surface area contributed by atoms with Crippen LogP contribution in [0.1, 0.15) is 12.5 Å². The number of benzene rings is 1. The van der Waals surface area contributed by atoms with E-state index in [9.17, 15) is 5.11 Å². The molecule has 0 atom stereocenters. The minimum atomic E-state index is -0.0533. The van der Waals surface area contributed by atoms with Crippen LogP contribution < -0.4 is 5.32 Å². The van der Waals surface area contributed by atoms with Gasteiger partial charge in [0, 0.05) is 18.7 Å². The Hall–Kier alpha value is -1.06. The first kappa shape index (κ1) is 9.49. The maximum Gasteiger partial charge on any atom is 0.121 e. The molecule has 0 aliphatic carbocycles. The molecule has 3 heteroatoms. The van der Waals surface area contributed by atoms with E-state index in [1.54, 1.807) is 6.07 Å². The molecule has 0 unspecified atom stereocenters. The molecule has 1 fully saturated rings. The summed E-state index contributed by atoms with van der Waals surface area (Å²) in [5.74, 6) is 0.309. The van der Waals surface area contributed by atoms with Gasteiger partial charge in [0.25, 0.3) is 0 Å². The number of nitrogens with one attached hydrogen (secondary N) is 1. The van der Waals surface area contributed by atoms with Crippen LogP contribution in [0.5, 0.6) is 5.75 Å². The Morgan fingerprint density at radius 3 is 2.71 bits per heavy atom. The van der Waals surface area contributed by atoms with Crippen molar-refractivity contribution in [3.8, 4) is 5.75 Å². The molecule has 1 heterocycles. The van der Waals surface area contributed by atoms with Crippen LogP contribution in [0.4, 0.5) is 0 Å². The van der Waals surface area contributed by atoms with Gasteiger partial charge >= 0.3 is 0 Å². The fourth-order valence-corrected chi connectivity index (χ4v) is 1.46. The number of para-hydroxylation sites is 1. The zero-order valence-electron chi connectivity index (χ0n) is 8.29. The number of hydrogen-bond acceptors (Lipinski definition) is 3. The Labute approximate surface area is 83.7 Å². The molecule has 1 aliphatic rings. The number of hydrogen-bond donors (Lipinski definition) is 2. The minimum absolute atomic E-state index is 0.0533. The summed E-state index contributed by atoms with van der Waals surface area (Å²) in [6, 6.07) is 7.27. The van der Waals surface area contributed by atoms with Crippen molar-refractivity contribution in [2.75, 3.05) is 13.1 Å². The Kier molecular flexibility index (Phi) is 2.44. The summed E-state index contributed by atoms with van der Waals surface area (Å²) in [5, 5.41) is 12.7. The molecule has 3 nitrogen and oxygen atoms in total. The summed E-state index contributed by atoms with van der Waals surface area (Å²) in [6.07, 6.45) is 0. The van der Waals surface area contributed by atoms with Gasteiger partial charge in [0.2, 0.25) is 0 Å². The molecule has 0 amide bonds. The van der Waals surface area contributed by atoms with Gasteiger partial charge in [0.05, 0.1) is 12.2 Å². The van der Waals surface area contributed by atoms with Crippen LogP contribution in [-0.4, -0.2) is 23.8 Å². The van der Waals surface area contributed by atoms with E-state index in [4.69, 9.17) is 4.74 Å². The van der Waals surface area contributed by atoms with Gasteiger partial charge in [0.1, 0.15) is 5.75 Å². The predicted octanol–water partition coefficient (Wildman–Crippen LogP) is 1.27. The number of phenolic OH excluding ortho intramolecular Hbond substituents is 1. The van der Waals surface area contributed by atoms with Gasteiger partial charge in [-0.1, -0.05) is 18.2 Å². The highest BCUT2D eigenvalue weighted by Gasteiger charge is 2.32. The van der Waals surface area contributed by atoms with Gasteiger partial charge in [0.15, 0.2) is 0 Å². The molecule has 2 N–H and O–H groups in total. The highest BCUT2D eigenvalue weighted by molar-refractivity contribution is 5.31. The predicted molar refractivity (Wildman–Crippen MR) is 54.2 cm³/mol. The lowest BCUT2D eigenvalue weighted by Gasteiger charge is -2.39. The summed E-state index contributed by atoms with van der Waals surface area (Å²) >= 11 is 0. The van der Waals surface area contributed by atoms with E-state index in [0.29, 0.717) is 12.4 Å². The first-order valence-corrected chi connectivity index (χ1v) is 4.81. The zero-order chi connectivity index (χ0) is 10.0. The molecule has 0 aromatic heterocycles. The molecule has 1 saturated heterocycles. The lowest BCUT2D eigenvalue weighted by atomic mass is 10.00. The number of rotatable bonds is 3. The van der Waals surface area contributed by atoms with Crippen LogP contribution >= 0.6 is 0 Å². The van der Waals surface area contributed by atoms with E-state index in [1.807, 2.05) is 18.2 Å². The average molecular weight is 193 g/mol. The summed E-state index contributed by atoms with van der Waals surface area (Å²) in [4.78, 5) is 0. The van der Waals surface area contributed by atoms with Crippen LogP contribution in [0.25, 0.3) is 0 Å². The van der Waals surface area contributed by atoms with Gasteiger partial charge in [-0.2, -0.15) is 0 Å². The van der Waals surface area contributed by atoms with E-state index in [0.717, 1.165) is 18.7 Å². The Balaban J connectivity index is 1.95. The van der Waals surface area contributed by atoms with Crippen LogP contribution in [0.2, 0.25) is 0 Å². The second-order valence-corrected chi connectivity index (χ2v) is 3.97. The van der Waals surface area contributed by atoms with E-state index in [-0.39, 0.29) is 5.60 Å². The molecule has 0 radical (unpaired) electrons. The molecule has 1 aromatic carbocycles. The highest BCUT2D eigenvalue weighted by atomic mass is 16.5. The average Bonchev–Trinajstić information content (AvgIpc) is 2.14. The standard InChI is InChI=1S/C11H15NO2/c1-11(7-12-8-11)14-6-9-4-2-3-5-10(9)13/h2-5,12-13H,6-8H2,1H3. The van der Waals surface area contributed by atoms with Gasteiger partial charge < -0.3 is 15.2 Å². The zero-order valence-corrected chi connectivity index (χ0v) is 8.29. The largest absolute Gasteiger partial charge is 0.508 e. The van der Waals surface area contributed by atoms with Crippen molar-refractivity contribution < 1.29 is 9.84 Å². The van der Waals surface area contributed by atoms with Crippen molar-refractivity contribution in [1.29, 1.82) is 0 Å². The molecule has 0 saturated carbocycles. The normalized spacial score (nSPS) is 18.9. The van der Waals surface area contributed by atoms with Crippen molar-refractivity contribution in [3.63, 3.8) is 0 Å². The molecule has 1 aromatic rings. The maximum atomic E-state index is 9.50. The topological polar surface area (TPSA) is 41.5 Å². The molecule has 0 spiro atoms. The fourth-order valence-electron chi connectivity index (χ4n) is 1.46. The SMILES string of the molecule is CC1(OCc2ccccc2O)CNC1. The van der Waals surface area contributed by atoms with E-state index >= 15 is 0 Å². The highest BCUT2D eigenvalue weighted by Crippen LogP contribution is 2.22. The Morgan fingerprint density at radius 1 is 1.43 bits per heavy atom. The van der Waals surface area contributed by atoms with E-state index in [1.165, 1.54) is 0 Å². The number of ether oxygens (including phenoxy) is 1. The number of phenols is 1. The monoisotopic (exact) mass is 193 g/mol. The third kappa shape index (κ3) is 1.89. The Bertz CT molecular complexity index is 321. The lowest BCUT2D eigenvalue weighted by molar-refractivity contribution is -0.0771. The first-order chi connectivity index (χ1) is 6.70. The van der Waals surface area contributed by atoms with Crippen molar-refractivity contribution in [3.05, 3.63) is 29.8 Å². The molecular weight excluding hydrogens is 178 g/mol. The summed E-state index contributed by atoms with van der Waals surface area (Å²) < 4.78 is 5.71. The van der Waals surface area contributed by atoms with Crippen molar-refractivity contribution >= 4 is 0 Å². The molecule has 1 aliphatic heterocycles. The smallest absolute Gasteiger partial charge is 0.121 e. The van der Waals surface area contributed by atoms with Crippen molar-refractivity contribution in [2.24, 2.45) is 0 Å². The lowest BCUT2D eigenvalue weighted by Crippen LogP contribution is -2.58. The third-order valence-corrected chi connectivity index (χ3v) is 2.57. The van der Waals surface area contributed by atoms with E-state index in [2.05, 4.69) is 12.2 Å². The summed E-state index contributed by atoms with van der Waals surface area (Å²) in [5.41, 5.74) is 0.795. The van der Waals surface area contributed by atoms with Crippen LogP contribution in [0, 0.1) is 0 Å². The minimum Gasteiger partial charge on any atom is -0.508 e. The first-order valence-electron chi connectivity index (χ1n) is 4.81. The summed E-state index contributed by atoms with van der Waals surface area (Å²) in [6.45, 7) is 4.33. The third-order valence-electron chi connectivity index (χ3n) is 2.57. The van der Waals surface area contributed by atoms with Gasteiger partial charge in [-0.15, -0.1) is 0 Å². The molecule has 0 bridgehead atoms. The van der Waals surface area contributed by atoms with Crippen LogP contribution in [0.15, 0.2) is 24.3 Å². The van der Waals surface area contributed by atoms with Crippen molar-refractivity contribution in [2.45, 2.75) is 19.1 Å². The second kappa shape index (κ2) is 3.59. The molecular formula is C11H15NO2. The number of aromatic hydroxyl groups is 1. The molecule has 14 heavy (non-hydrogen) atoms. The fraction of sp³-hybridized carbons (Fsp3) is 0.455. The van der Waals surface area contributed by atoms with Gasteiger partial charge in [-0.25, -0.2) is 0 Å². The summed E-state index contributed by atoms with van der Waals surface area (Å²) in [7, 11) is 0. The Morgan fingerprint density at radius 2 is 2.14 bits per heavy atom. The molecule has 76 valence electrons. The van der Waals surface area contributed by atoms with Gasteiger partial charge in [-0.3, -0.25) is 0 Å². The second-order valence-electron chi connectivity index (χ2n) is 3.97.